The standard InChI is InChI=1S/C16H23N3O/c1-4-11(3)10-19(5-2)16(20)14-9-18-15-8-12(17)6-7-13(14)15/h6-9,11,18H,4-5,10,17H2,1-3H3. The van der Waals surface area contributed by atoms with Gasteiger partial charge in [-0.25, -0.2) is 0 Å². The van der Waals surface area contributed by atoms with Crippen molar-refractivity contribution in [1.29, 1.82) is 0 Å². The second-order valence-electron chi connectivity index (χ2n) is 5.36. The number of hydrogen-bond acceptors (Lipinski definition) is 2. The predicted molar refractivity (Wildman–Crippen MR) is 83.7 cm³/mol. The molecule has 3 N–H and O–H groups in total. The van der Waals surface area contributed by atoms with Crippen LogP contribution in [0.1, 0.15) is 37.6 Å². The number of nitrogens with two attached hydrogens (primary N) is 1. The van der Waals surface area contributed by atoms with E-state index < -0.39 is 0 Å². The summed E-state index contributed by atoms with van der Waals surface area (Å²) >= 11 is 0. The Morgan fingerprint density at radius 3 is 2.80 bits per heavy atom. The Hall–Kier alpha value is -1.97. The van der Waals surface area contributed by atoms with Crippen molar-refractivity contribution in [2.75, 3.05) is 18.8 Å². The first-order chi connectivity index (χ1) is 9.56. The Bertz CT molecular complexity index is 603. The molecular formula is C16H23N3O. The molecule has 108 valence electrons. The van der Waals surface area contributed by atoms with E-state index in [1.165, 1.54) is 0 Å². The second kappa shape index (κ2) is 5.99. The molecule has 2 aromatic rings. The zero-order valence-corrected chi connectivity index (χ0v) is 12.4. The lowest BCUT2D eigenvalue weighted by atomic mass is 10.1. The van der Waals surface area contributed by atoms with E-state index in [9.17, 15) is 4.79 Å². The van der Waals surface area contributed by atoms with Crippen molar-refractivity contribution in [3.05, 3.63) is 30.0 Å². The predicted octanol–water partition coefficient (Wildman–Crippen LogP) is 3.26. The molecule has 4 nitrogen and oxygen atoms in total. The van der Waals surface area contributed by atoms with Crippen molar-refractivity contribution in [3.8, 4) is 0 Å². The largest absolute Gasteiger partial charge is 0.399 e. The lowest BCUT2D eigenvalue weighted by Gasteiger charge is -2.23. The van der Waals surface area contributed by atoms with E-state index in [0.29, 0.717) is 11.6 Å². The van der Waals surface area contributed by atoms with Crippen LogP contribution in [-0.2, 0) is 0 Å². The van der Waals surface area contributed by atoms with Crippen molar-refractivity contribution < 1.29 is 4.79 Å². The Morgan fingerprint density at radius 2 is 2.15 bits per heavy atom. The van der Waals surface area contributed by atoms with Crippen LogP contribution in [0.3, 0.4) is 0 Å². The van der Waals surface area contributed by atoms with Gasteiger partial charge in [0.15, 0.2) is 0 Å². The molecular weight excluding hydrogens is 250 g/mol. The number of carbonyl (C=O) groups excluding carboxylic acids is 1. The molecule has 2 rings (SSSR count). The van der Waals surface area contributed by atoms with Gasteiger partial charge in [-0.1, -0.05) is 20.3 Å². The summed E-state index contributed by atoms with van der Waals surface area (Å²) in [5.41, 5.74) is 8.10. The van der Waals surface area contributed by atoms with Gasteiger partial charge < -0.3 is 15.6 Å². The molecule has 0 spiro atoms. The molecule has 20 heavy (non-hydrogen) atoms. The number of aromatic nitrogens is 1. The number of nitrogens with one attached hydrogen (secondary N) is 1. The van der Waals surface area contributed by atoms with Gasteiger partial charge in [-0.2, -0.15) is 0 Å². The number of amides is 1. The van der Waals surface area contributed by atoms with E-state index >= 15 is 0 Å². The summed E-state index contributed by atoms with van der Waals surface area (Å²) in [5, 5.41) is 0.937. The molecule has 0 bridgehead atoms. The highest BCUT2D eigenvalue weighted by atomic mass is 16.2. The number of aromatic amines is 1. The Morgan fingerprint density at radius 1 is 1.40 bits per heavy atom. The fraction of sp³-hybridized carbons (Fsp3) is 0.438. The van der Waals surface area contributed by atoms with Gasteiger partial charge in [0.25, 0.3) is 5.91 Å². The van der Waals surface area contributed by atoms with E-state index in [-0.39, 0.29) is 5.91 Å². The smallest absolute Gasteiger partial charge is 0.256 e. The maximum atomic E-state index is 12.7. The van der Waals surface area contributed by atoms with Gasteiger partial charge in [-0.15, -0.1) is 0 Å². The maximum absolute atomic E-state index is 12.7. The highest BCUT2D eigenvalue weighted by Gasteiger charge is 2.19. The third kappa shape index (κ3) is 2.79. The van der Waals surface area contributed by atoms with E-state index in [1.807, 2.05) is 30.0 Å². The van der Waals surface area contributed by atoms with Gasteiger partial charge in [0.1, 0.15) is 0 Å². The van der Waals surface area contributed by atoms with Crippen molar-refractivity contribution in [2.45, 2.75) is 27.2 Å². The minimum Gasteiger partial charge on any atom is -0.399 e. The molecule has 0 saturated heterocycles. The van der Waals surface area contributed by atoms with Crippen LogP contribution >= 0.6 is 0 Å². The molecule has 1 amide bonds. The average molecular weight is 273 g/mol. The summed E-state index contributed by atoms with van der Waals surface area (Å²) in [4.78, 5) is 17.7. The van der Waals surface area contributed by atoms with Gasteiger partial charge in [0.05, 0.1) is 5.56 Å². The molecule has 1 unspecified atom stereocenters. The van der Waals surface area contributed by atoms with Gasteiger partial charge in [0.2, 0.25) is 0 Å². The van der Waals surface area contributed by atoms with Crippen LogP contribution in [0, 0.1) is 5.92 Å². The summed E-state index contributed by atoms with van der Waals surface area (Å²) in [6.07, 6.45) is 2.86. The summed E-state index contributed by atoms with van der Waals surface area (Å²) < 4.78 is 0. The molecule has 1 aromatic carbocycles. The van der Waals surface area contributed by atoms with E-state index in [0.717, 1.165) is 36.0 Å². The molecule has 1 heterocycles. The van der Waals surface area contributed by atoms with Crippen LogP contribution in [-0.4, -0.2) is 28.9 Å². The van der Waals surface area contributed by atoms with Gasteiger partial charge in [-0.05, 0) is 31.0 Å². The Kier molecular flexibility index (Phi) is 4.32. The monoisotopic (exact) mass is 273 g/mol. The summed E-state index contributed by atoms with van der Waals surface area (Å²) in [5.74, 6) is 0.601. The normalized spacial score (nSPS) is 12.6. The lowest BCUT2D eigenvalue weighted by Crippen LogP contribution is -2.34. The highest BCUT2D eigenvalue weighted by molar-refractivity contribution is 6.07. The minimum absolute atomic E-state index is 0.0869. The highest BCUT2D eigenvalue weighted by Crippen LogP contribution is 2.22. The summed E-state index contributed by atoms with van der Waals surface area (Å²) in [6.45, 7) is 7.87. The number of carbonyl (C=O) groups is 1. The van der Waals surface area contributed by atoms with Crippen molar-refractivity contribution in [1.82, 2.24) is 9.88 Å². The van der Waals surface area contributed by atoms with Crippen LogP contribution in [0.5, 0.6) is 0 Å². The first-order valence-corrected chi connectivity index (χ1v) is 7.22. The van der Waals surface area contributed by atoms with Gasteiger partial charge in [0, 0.05) is 35.9 Å². The molecule has 4 heteroatoms. The molecule has 0 saturated carbocycles. The van der Waals surface area contributed by atoms with Gasteiger partial charge >= 0.3 is 0 Å². The SMILES string of the molecule is CCC(C)CN(CC)C(=O)c1c[nH]c2cc(N)ccc12. The molecule has 0 aliphatic rings. The van der Waals surface area contributed by atoms with Gasteiger partial charge in [-0.3, -0.25) is 4.79 Å². The molecule has 1 aromatic heterocycles. The molecule has 0 aliphatic carbocycles. The van der Waals surface area contributed by atoms with Crippen LogP contribution < -0.4 is 5.73 Å². The van der Waals surface area contributed by atoms with Crippen LogP contribution in [0.2, 0.25) is 0 Å². The maximum Gasteiger partial charge on any atom is 0.256 e. The van der Waals surface area contributed by atoms with Crippen molar-refractivity contribution in [3.63, 3.8) is 0 Å². The van der Waals surface area contributed by atoms with E-state index in [1.54, 1.807) is 6.20 Å². The van der Waals surface area contributed by atoms with E-state index in [2.05, 4.69) is 18.8 Å². The number of rotatable bonds is 5. The minimum atomic E-state index is 0.0869. The van der Waals surface area contributed by atoms with Crippen LogP contribution in [0.25, 0.3) is 10.9 Å². The quantitative estimate of drug-likeness (QED) is 0.821. The molecule has 0 fully saturated rings. The van der Waals surface area contributed by atoms with Crippen LogP contribution in [0.4, 0.5) is 5.69 Å². The molecule has 1 atom stereocenters. The third-order valence-electron chi connectivity index (χ3n) is 3.83. The lowest BCUT2D eigenvalue weighted by molar-refractivity contribution is 0.0743. The zero-order chi connectivity index (χ0) is 14.7. The van der Waals surface area contributed by atoms with E-state index in [4.69, 9.17) is 5.73 Å². The number of fused-ring (bicyclic) bond motifs is 1. The fourth-order valence-electron chi connectivity index (χ4n) is 2.35. The van der Waals surface area contributed by atoms with Crippen molar-refractivity contribution in [2.24, 2.45) is 5.92 Å². The molecule has 0 aliphatic heterocycles. The number of nitrogen functional groups attached to an aromatic ring is 1. The third-order valence-corrected chi connectivity index (χ3v) is 3.83. The van der Waals surface area contributed by atoms with Crippen molar-refractivity contribution >= 4 is 22.5 Å². The second-order valence-corrected chi connectivity index (χ2v) is 5.36. The number of hydrogen-bond donors (Lipinski definition) is 2. The zero-order valence-electron chi connectivity index (χ0n) is 12.4. The number of nitrogens with zero attached hydrogens (tertiary/aromatic N) is 1. The average Bonchev–Trinajstić information content (AvgIpc) is 2.86. The topological polar surface area (TPSA) is 62.1 Å². The molecule has 0 radical (unpaired) electrons. The number of anilines is 1. The summed E-state index contributed by atoms with van der Waals surface area (Å²) in [6, 6.07) is 5.60. The fourth-order valence-corrected chi connectivity index (χ4v) is 2.35. The Balaban J connectivity index is 2.30. The first kappa shape index (κ1) is 14.4. The van der Waals surface area contributed by atoms with Crippen LogP contribution in [0.15, 0.2) is 24.4 Å². The Labute approximate surface area is 120 Å². The number of H-pyrrole nitrogens is 1. The summed E-state index contributed by atoms with van der Waals surface area (Å²) in [7, 11) is 0. The number of benzene rings is 1. The first-order valence-electron chi connectivity index (χ1n) is 7.22.